The van der Waals surface area contributed by atoms with Crippen molar-refractivity contribution < 1.29 is 29.6 Å². The molecule has 2 amide bonds. The first-order valence-electron chi connectivity index (χ1n) is 14.8. The van der Waals surface area contributed by atoms with Crippen LogP contribution in [0.15, 0.2) is 65.7 Å². The number of carbonyl (C=O) groups excluding carboxylic acids is 2. The lowest BCUT2D eigenvalue weighted by Gasteiger charge is -2.36. The van der Waals surface area contributed by atoms with E-state index in [2.05, 4.69) is 0 Å². The summed E-state index contributed by atoms with van der Waals surface area (Å²) in [5.74, 6) is -1.95. The number of nitrogens with zero attached hydrogens (tertiary/aromatic N) is 1. The molecule has 3 N–H and O–H groups in total. The summed E-state index contributed by atoms with van der Waals surface area (Å²) in [6.45, 7) is -0.0787. The average molecular weight is 560 g/mol. The second-order valence-corrected chi connectivity index (χ2v) is 11.6. The zero-order valence-electron chi connectivity index (χ0n) is 23.7. The third-order valence-electron chi connectivity index (χ3n) is 9.08. The van der Waals surface area contributed by atoms with Gasteiger partial charge in [0.05, 0.1) is 31.2 Å². The van der Waals surface area contributed by atoms with Gasteiger partial charge in [0.15, 0.2) is 0 Å². The van der Waals surface area contributed by atoms with Crippen LogP contribution in [0.1, 0.15) is 62.5 Å². The highest BCUT2D eigenvalue weighted by Crippen LogP contribution is 2.47. The fraction of sp³-hybridized carbons (Fsp3) is 0.471. The minimum Gasteiger partial charge on any atom is -0.508 e. The first-order chi connectivity index (χ1) is 19.9. The van der Waals surface area contributed by atoms with Gasteiger partial charge in [-0.15, -0.1) is 0 Å². The summed E-state index contributed by atoms with van der Waals surface area (Å²) >= 11 is 0. The van der Waals surface area contributed by atoms with Crippen LogP contribution in [0.5, 0.6) is 5.75 Å². The molecule has 1 heterocycles. The fourth-order valence-corrected chi connectivity index (χ4v) is 7.21. The number of methoxy groups -OCH3 is 1. The second-order valence-electron chi connectivity index (χ2n) is 11.6. The van der Waals surface area contributed by atoms with Gasteiger partial charge < -0.3 is 20.1 Å². The van der Waals surface area contributed by atoms with E-state index < -0.39 is 23.9 Å². The predicted molar refractivity (Wildman–Crippen MR) is 157 cm³/mol. The Kier molecular flexibility index (Phi) is 9.38. The Morgan fingerprint density at radius 1 is 1.05 bits per heavy atom. The molecule has 0 bridgehead atoms. The van der Waals surface area contributed by atoms with Gasteiger partial charge in [-0.3, -0.25) is 14.5 Å². The number of hydrogen-bond donors (Lipinski definition) is 3. The Morgan fingerprint density at radius 2 is 1.80 bits per heavy atom. The van der Waals surface area contributed by atoms with Crippen molar-refractivity contribution in [3.63, 3.8) is 0 Å². The van der Waals surface area contributed by atoms with Gasteiger partial charge in [-0.2, -0.15) is 0 Å². The lowest BCUT2D eigenvalue weighted by atomic mass is 9.68. The molecular formula is C34H41NO6. The number of ether oxygens (including phenoxy) is 1. The molecule has 0 spiro atoms. The predicted octanol–water partition coefficient (Wildman–Crippen LogP) is 4.96. The van der Waals surface area contributed by atoms with Crippen LogP contribution in [0.25, 0.3) is 11.6 Å². The van der Waals surface area contributed by atoms with Crippen molar-refractivity contribution in [1.82, 2.24) is 4.90 Å². The van der Waals surface area contributed by atoms with Gasteiger partial charge in [0.1, 0.15) is 5.75 Å². The number of allylic oxidation sites excluding steroid dienone is 1. The lowest BCUT2D eigenvalue weighted by Crippen LogP contribution is -2.42. The molecule has 2 aromatic rings. The fourth-order valence-electron chi connectivity index (χ4n) is 7.21. The van der Waals surface area contributed by atoms with Crippen LogP contribution in [0.3, 0.4) is 0 Å². The Bertz CT molecular complexity index is 1300. The van der Waals surface area contributed by atoms with Gasteiger partial charge in [-0.25, -0.2) is 0 Å². The van der Waals surface area contributed by atoms with Crippen LogP contribution < -0.4 is 0 Å². The van der Waals surface area contributed by atoms with E-state index in [-0.39, 0.29) is 36.8 Å². The highest BCUT2D eigenvalue weighted by molar-refractivity contribution is 6.06. The van der Waals surface area contributed by atoms with E-state index in [1.165, 1.54) is 4.90 Å². The van der Waals surface area contributed by atoms with Gasteiger partial charge in [0.2, 0.25) is 11.8 Å². The van der Waals surface area contributed by atoms with E-state index in [1.54, 1.807) is 25.3 Å². The summed E-state index contributed by atoms with van der Waals surface area (Å²) in [5.41, 5.74) is 4.31. The molecule has 1 saturated carbocycles. The SMILES string of the molecule is COCC1=C([C@H](O)CC/C(=C/c2cccc(O)c2)c2ccccc2)[C@H](CO)[C@@H]2C(=O)N(C3CCCCC3)C(=O)[C@@H]2C1. The van der Waals surface area contributed by atoms with Gasteiger partial charge in [0.25, 0.3) is 0 Å². The maximum absolute atomic E-state index is 13.8. The van der Waals surface area contributed by atoms with Gasteiger partial charge in [-0.1, -0.05) is 67.8 Å². The molecule has 0 aromatic heterocycles. The molecule has 0 unspecified atom stereocenters. The topological polar surface area (TPSA) is 107 Å². The van der Waals surface area contributed by atoms with E-state index in [9.17, 15) is 24.9 Å². The van der Waals surface area contributed by atoms with Crippen LogP contribution in [0.2, 0.25) is 0 Å². The normalized spacial score (nSPS) is 24.6. The summed E-state index contributed by atoms with van der Waals surface area (Å²) < 4.78 is 5.50. The maximum atomic E-state index is 13.8. The van der Waals surface area contributed by atoms with Crippen molar-refractivity contribution >= 4 is 23.5 Å². The van der Waals surface area contributed by atoms with Crippen LogP contribution in [0.4, 0.5) is 0 Å². The number of aliphatic hydroxyl groups is 2. The molecule has 7 nitrogen and oxygen atoms in total. The number of likely N-dealkylation sites (tertiary alicyclic amines) is 1. The number of fused-ring (bicyclic) bond motifs is 1. The molecule has 2 aromatic carbocycles. The number of benzene rings is 2. The van der Waals surface area contributed by atoms with Crippen molar-refractivity contribution in [1.29, 1.82) is 0 Å². The molecule has 7 heteroatoms. The van der Waals surface area contributed by atoms with Crippen LogP contribution in [0, 0.1) is 17.8 Å². The number of carbonyl (C=O) groups is 2. The molecule has 0 radical (unpaired) electrons. The first-order valence-corrected chi connectivity index (χ1v) is 14.8. The molecule has 2 aliphatic carbocycles. The number of amides is 2. The summed E-state index contributed by atoms with van der Waals surface area (Å²) in [6, 6.07) is 16.9. The number of rotatable bonds is 10. The molecule has 4 atom stereocenters. The number of aromatic hydroxyl groups is 1. The highest BCUT2D eigenvalue weighted by atomic mass is 16.5. The van der Waals surface area contributed by atoms with Crippen molar-refractivity contribution in [3.8, 4) is 5.75 Å². The number of imide groups is 1. The van der Waals surface area contributed by atoms with Gasteiger partial charge in [-0.05, 0) is 72.1 Å². The molecule has 218 valence electrons. The van der Waals surface area contributed by atoms with Crippen molar-refractivity contribution in [2.75, 3.05) is 20.3 Å². The Hall–Kier alpha value is -3.26. The minimum atomic E-state index is -0.916. The Morgan fingerprint density at radius 3 is 2.49 bits per heavy atom. The molecule has 1 saturated heterocycles. The molecule has 41 heavy (non-hydrogen) atoms. The summed E-state index contributed by atoms with van der Waals surface area (Å²) in [7, 11) is 1.58. The quantitative estimate of drug-likeness (QED) is 0.216. The monoisotopic (exact) mass is 559 g/mol. The van der Waals surface area contributed by atoms with Crippen molar-refractivity contribution in [3.05, 3.63) is 76.9 Å². The Labute approximate surface area is 242 Å². The summed E-state index contributed by atoms with van der Waals surface area (Å²) in [5, 5.41) is 32.3. The Balaban J connectivity index is 1.42. The van der Waals surface area contributed by atoms with Crippen LogP contribution in [-0.2, 0) is 14.3 Å². The first kappa shape index (κ1) is 29.2. The molecule has 3 aliphatic rings. The standard InChI is InChI=1S/C34H41NO6/c1-41-21-25-19-28-32(34(40)35(33(28)39)26-12-6-3-7-13-26)29(20-36)31(25)30(38)16-15-24(23-10-4-2-5-11-23)17-22-9-8-14-27(37)18-22/h2,4-5,8-11,14,17-18,26,28-30,32,36-38H,3,6-7,12-13,15-16,19-21H2,1H3/b24-17-/t28-,29+,30-,32-/m1/s1. The van der Waals surface area contributed by atoms with Crippen LogP contribution in [-0.4, -0.2) is 64.5 Å². The zero-order chi connectivity index (χ0) is 28.9. The number of hydrogen-bond acceptors (Lipinski definition) is 6. The lowest BCUT2D eigenvalue weighted by molar-refractivity contribution is -0.143. The van der Waals surface area contributed by atoms with E-state index in [1.807, 2.05) is 42.5 Å². The molecular weight excluding hydrogens is 518 g/mol. The summed E-state index contributed by atoms with van der Waals surface area (Å²) in [6.07, 6.45) is 7.16. The van der Waals surface area contributed by atoms with Gasteiger partial charge >= 0.3 is 0 Å². The second kappa shape index (κ2) is 13.1. The molecule has 2 fully saturated rings. The van der Waals surface area contributed by atoms with Crippen LogP contribution >= 0.6 is 0 Å². The highest BCUT2D eigenvalue weighted by Gasteiger charge is 2.56. The molecule has 5 rings (SSSR count). The van der Waals surface area contributed by atoms with Crippen molar-refractivity contribution in [2.45, 2.75) is 63.5 Å². The number of phenols is 1. The van der Waals surface area contributed by atoms with Crippen molar-refractivity contribution in [2.24, 2.45) is 17.8 Å². The van der Waals surface area contributed by atoms with E-state index in [0.717, 1.165) is 54.4 Å². The van der Waals surface area contributed by atoms with E-state index >= 15 is 0 Å². The van der Waals surface area contributed by atoms with E-state index in [0.29, 0.717) is 24.8 Å². The van der Waals surface area contributed by atoms with E-state index in [4.69, 9.17) is 4.74 Å². The number of aliphatic hydroxyl groups excluding tert-OH is 2. The maximum Gasteiger partial charge on any atom is 0.234 e. The zero-order valence-corrected chi connectivity index (χ0v) is 23.7. The third-order valence-corrected chi connectivity index (χ3v) is 9.08. The van der Waals surface area contributed by atoms with Gasteiger partial charge in [0, 0.05) is 19.1 Å². The molecule has 1 aliphatic heterocycles. The minimum absolute atomic E-state index is 0.0658. The third kappa shape index (κ3) is 6.17. The largest absolute Gasteiger partial charge is 0.508 e. The average Bonchev–Trinajstić information content (AvgIpc) is 3.24. The number of phenolic OH excluding ortho intramolecular Hbond substituents is 1. The smallest absolute Gasteiger partial charge is 0.234 e. The summed E-state index contributed by atoms with van der Waals surface area (Å²) in [4.78, 5) is 28.8.